The van der Waals surface area contributed by atoms with Gasteiger partial charge in [0.15, 0.2) is 23.3 Å². The number of nitrogens with one attached hydrogen (secondary N) is 3. The molecule has 0 radical (unpaired) electrons. The molecule has 12 rings (SSSR count). The number of nitrogens with zero attached hydrogens (tertiary/aromatic N) is 12. The van der Waals surface area contributed by atoms with Crippen LogP contribution in [-0.4, -0.2) is 98.1 Å². The van der Waals surface area contributed by atoms with Crippen molar-refractivity contribution in [3.8, 4) is 22.5 Å². The topological polar surface area (TPSA) is 156 Å². The monoisotopic (exact) mass is 1020 g/mol. The van der Waals surface area contributed by atoms with E-state index in [4.69, 9.17) is 0 Å². The molecule has 3 N–H and O–H groups in total. The van der Waals surface area contributed by atoms with Crippen LogP contribution in [0.4, 0.5) is 41.1 Å². The first-order valence-corrected chi connectivity index (χ1v) is 24.8. The number of rotatable bonds is 10. The molecule has 380 valence electrons. The van der Waals surface area contributed by atoms with E-state index in [2.05, 4.69) is 102 Å². The van der Waals surface area contributed by atoms with E-state index >= 15 is 8.78 Å². The largest absolute Gasteiger partial charge is 0.322 e. The second-order valence-electron chi connectivity index (χ2n) is 20.5. The van der Waals surface area contributed by atoms with Crippen molar-refractivity contribution >= 4 is 58.0 Å². The third kappa shape index (κ3) is 10.3. The number of hydrogen-bond donors (Lipinski definition) is 3. The molecule has 0 saturated carbocycles. The van der Waals surface area contributed by atoms with Crippen LogP contribution >= 0.6 is 12.4 Å². The van der Waals surface area contributed by atoms with Crippen molar-refractivity contribution in [3.05, 3.63) is 119 Å². The maximum Gasteiger partial charge on any atom is 0.229 e. The molecule has 6 aromatic heterocycles. The number of fused-ring (bicyclic) bond motifs is 6. The molecule has 2 fully saturated rings. The fourth-order valence-corrected chi connectivity index (χ4v) is 10.6. The molecule has 20 heteroatoms. The molecule has 0 atom stereocenters. The minimum absolute atomic E-state index is 0. The lowest BCUT2D eigenvalue weighted by molar-refractivity contribution is 0.220. The normalized spacial score (nSPS) is 17.2. The first-order chi connectivity index (χ1) is 34.7. The summed E-state index contributed by atoms with van der Waals surface area (Å²) >= 11 is 0. The molecular formula is C53H58ClF4N15. The van der Waals surface area contributed by atoms with Crippen LogP contribution in [0.25, 0.3) is 44.6 Å². The van der Waals surface area contributed by atoms with Gasteiger partial charge in [0, 0.05) is 86.7 Å². The van der Waals surface area contributed by atoms with Crippen LogP contribution in [0.3, 0.4) is 0 Å². The molecule has 4 aliphatic rings. The van der Waals surface area contributed by atoms with Gasteiger partial charge >= 0.3 is 0 Å². The van der Waals surface area contributed by atoms with Gasteiger partial charge in [0.2, 0.25) is 11.9 Å². The Morgan fingerprint density at radius 3 is 1.42 bits per heavy atom. The van der Waals surface area contributed by atoms with Crippen molar-refractivity contribution < 1.29 is 17.6 Å². The highest BCUT2D eigenvalue weighted by Crippen LogP contribution is 2.40. The van der Waals surface area contributed by atoms with Crippen molar-refractivity contribution in [2.75, 3.05) is 49.9 Å². The molecule has 0 spiro atoms. The van der Waals surface area contributed by atoms with Crippen molar-refractivity contribution in [1.29, 1.82) is 0 Å². The van der Waals surface area contributed by atoms with Crippen LogP contribution in [0.15, 0.2) is 73.3 Å². The number of pyridine rings is 2. The molecule has 0 unspecified atom stereocenters. The van der Waals surface area contributed by atoms with Crippen LogP contribution < -0.4 is 16.0 Å². The van der Waals surface area contributed by atoms with E-state index in [1.54, 1.807) is 12.1 Å². The van der Waals surface area contributed by atoms with E-state index in [0.29, 0.717) is 44.8 Å². The maximum absolute atomic E-state index is 15.1. The second-order valence-corrected chi connectivity index (χ2v) is 20.5. The number of hydrogen-bond acceptors (Lipinski definition) is 13. The summed E-state index contributed by atoms with van der Waals surface area (Å²) in [7, 11) is 0. The van der Waals surface area contributed by atoms with Gasteiger partial charge in [0.1, 0.15) is 45.7 Å². The summed E-state index contributed by atoms with van der Waals surface area (Å²) in [4.78, 5) is 39.7. The minimum Gasteiger partial charge on any atom is -0.322 e. The van der Waals surface area contributed by atoms with E-state index in [1.165, 1.54) is 31.4 Å². The number of imidazole rings is 2. The summed E-state index contributed by atoms with van der Waals surface area (Å²) in [5.74, 6) is 0.974. The summed E-state index contributed by atoms with van der Waals surface area (Å²) in [6.07, 6.45) is 13.1. The predicted molar refractivity (Wildman–Crippen MR) is 276 cm³/mol. The standard InChI is InChI=1S/C27H29F2N7.C26H28F2N8.ClH/c1-27(2)9-8-23-33-25-19(28)12-18(13-21(25)36(23)27)24-20(29)15-31-26(34-24)32-22-7-6-17(14-30-22)16-35-10-4-3-5-11-35;1-26(2)6-5-22-33-24-18(27)11-17(12-20(24)36(22)26)23-19(28)14-31-25(34-23)32-21-4-3-16(13-30-21)15-35-9-7-29-8-10-35;/h6-7,12-15H,3-5,8-11,16H2,1-2H3,(H,30,31,32,34);3-4,11-14,29H,5-10,15H2,1-2H3,(H,30,31,32,34);1H. The third-order valence-electron chi connectivity index (χ3n) is 14.3. The SMILES string of the molecule is CC1(C)CCc2nc3c(F)cc(-c4nc(Nc5ccc(CN6CCCCC6)cn5)ncc4F)cc3n21.CC1(C)CCc2nc3c(F)cc(-c4nc(Nc5ccc(CN6CCNCC6)cn5)ncc4F)cc3n21.Cl. The van der Waals surface area contributed by atoms with Crippen LogP contribution in [0.5, 0.6) is 0 Å². The van der Waals surface area contributed by atoms with Crippen LogP contribution in [-0.2, 0) is 37.0 Å². The molecule has 10 heterocycles. The van der Waals surface area contributed by atoms with E-state index in [-0.39, 0.29) is 46.8 Å². The molecule has 4 aliphatic heterocycles. The number of benzene rings is 2. The quantitative estimate of drug-likeness (QED) is 0.111. The van der Waals surface area contributed by atoms with Crippen molar-refractivity contribution in [2.45, 2.75) is 96.8 Å². The van der Waals surface area contributed by atoms with Crippen LogP contribution in [0.2, 0.25) is 0 Å². The maximum atomic E-state index is 15.1. The van der Waals surface area contributed by atoms with Gasteiger partial charge in [-0.1, -0.05) is 18.6 Å². The number of piperidine rings is 1. The molecular weight excluding hydrogens is 958 g/mol. The molecule has 2 saturated heterocycles. The molecule has 73 heavy (non-hydrogen) atoms. The Bertz CT molecular complexity index is 3070. The summed E-state index contributed by atoms with van der Waals surface area (Å²) in [6, 6.07) is 13.9. The number of anilines is 4. The summed E-state index contributed by atoms with van der Waals surface area (Å²) in [6.45, 7) is 16.4. The van der Waals surface area contributed by atoms with E-state index in [1.807, 2.05) is 36.7 Å². The highest BCUT2D eigenvalue weighted by atomic mass is 35.5. The van der Waals surface area contributed by atoms with Crippen LogP contribution in [0.1, 0.15) is 82.6 Å². The number of likely N-dealkylation sites (tertiary alicyclic amines) is 1. The van der Waals surface area contributed by atoms with Crippen molar-refractivity contribution in [1.82, 2.24) is 64.1 Å². The highest BCUT2D eigenvalue weighted by molar-refractivity contribution is 5.86. The molecule has 0 amide bonds. The van der Waals surface area contributed by atoms with Gasteiger partial charge in [-0.3, -0.25) is 9.80 Å². The molecule has 0 aliphatic carbocycles. The third-order valence-corrected chi connectivity index (χ3v) is 14.3. The zero-order valence-electron chi connectivity index (χ0n) is 41.3. The lowest BCUT2D eigenvalue weighted by Gasteiger charge is -2.27. The lowest BCUT2D eigenvalue weighted by atomic mass is 10.0. The van der Waals surface area contributed by atoms with Crippen molar-refractivity contribution in [3.63, 3.8) is 0 Å². The molecule has 15 nitrogen and oxygen atoms in total. The number of aryl methyl sites for hydroxylation is 2. The van der Waals surface area contributed by atoms with Gasteiger partial charge in [-0.25, -0.2) is 57.4 Å². The van der Waals surface area contributed by atoms with E-state index in [0.717, 1.165) is 113 Å². The zero-order valence-corrected chi connectivity index (χ0v) is 42.1. The van der Waals surface area contributed by atoms with Gasteiger partial charge in [-0.05, 0) is 114 Å². The Balaban J connectivity index is 0.000000165. The highest BCUT2D eigenvalue weighted by Gasteiger charge is 2.35. The Morgan fingerprint density at radius 1 is 0.534 bits per heavy atom. The fourth-order valence-electron chi connectivity index (χ4n) is 10.6. The first kappa shape index (κ1) is 49.9. The van der Waals surface area contributed by atoms with Gasteiger partial charge in [-0.2, -0.15) is 0 Å². The average Bonchev–Trinajstić information content (AvgIpc) is 4.12. The average molecular weight is 1020 g/mol. The summed E-state index contributed by atoms with van der Waals surface area (Å²) in [5.41, 5.74) is 4.54. The Labute approximate surface area is 426 Å². The van der Waals surface area contributed by atoms with Crippen molar-refractivity contribution in [2.24, 2.45) is 0 Å². The molecule has 0 bridgehead atoms. The number of piperazine rings is 1. The minimum atomic E-state index is -0.626. The van der Waals surface area contributed by atoms with E-state index in [9.17, 15) is 8.78 Å². The Kier molecular flexibility index (Phi) is 13.9. The summed E-state index contributed by atoms with van der Waals surface area (Å²) < 4.78 is 63.9. The predicted octanol–water partition coefficient (Wildman–Crippen LogP) is 10.00. The van der Waals surface area contributed by atoms with Gasteiger partial charge in [-0.15, -0.1) is 12.4 Å². The Hall–Kier alpha value is -6.67. The zero-order chi connectivity index (χ0) is 49.7. The summed E-state index contributed by atoms with van der Waals surface area (Å²) in [5, 5.41) is 9.44. The van der Waals surface area contributed by atoms with Crippen LogP contribution in [0, 0.1) is 23.3 Å². The molecule has 8 aromatic rings. The molecule has 2 aromatic carbocycles. The second kappa shape index (κ2) is 20.3. The van der Waals surface area contributed by atoms with Gasteiger partial charge in [0.05, 0.1) is 23.4 Å². The smallest absolute Gasteiger partial charge is 0.229 e. The van der Waals surface area contributed by atoms with E-state index < -0.39 is 23.3 Å². The fraction of sp³-hybridized carbons (Fsp3) is 0.396. The first-order valence-electron chi connectivity index (χ1n) is 24.8. The van der Waals surface area contributed by atoms with Gasteiger partial charge in [0.25, 0.3) is 0 Å². The Morgan fingerprint density at radius 2 is 0.986 bits per heavy atom. The van der Waals surface area contributed by atoms with Gasteiger partial charge < -0.3 is 25.1 Å². The number of halogens is 5. The number of aromatic nitrogens is 10. The lowest BCUT2D eigenvalue weighted by Crippen LogP contribution is -2.42.